The van der Waals surface area contributed by atoms with E-state index in [-0.39, 0.29) is 16.6 Å². The van der Waals surface area contributed by atoms with Crippen molar-refractivity contribution >= 4 is 48.5 Å². The summed E-state index contributed by atoms with van der Waals surface area (Å²) in [6.45, 7) is 2.39. The van der Waals surface area contributed by atoms with Gasteiger partial charge in [-0.15, -0.1) is 0 Å². The maximum Gasteiger partial charge on any atom is 0.239 e. The first-order valence-corrected chi connectivity index (χ1v) is 10.0. The van der Waals surface area contributed by atoms with Crippen molar-refractivity contribution in [1.29, 1.82) is 0 Å². The number of nitrogens with zero attached hydrogens (tertiary/aromatic N) is 1. The molecule has 0 radical (unpaired) electrons. The monoisotopic (exact) mass is 436 g/mol. The van der Waals surface area contributed by atoms with Gasteiger partial charge in [-0.1, -0.05) is 52.7 Å². The topological polar surface area (TPSA) is 51.2 Å². The predicted octanol–water partition coefficient (Wildman–Crippen LogP) is 5.52. The quantitative estimate of drug-likeness (QED) is 0.496. The molecule has 0 spiro atoms. The molecule has 7 heteroatoms. The van der Waals surface area contributed by atoms with Crippen molar-refractivity contribution in [3.63, 3.8) is 0 Å². The number of nitrogens with one attached hydrogen (secondary N) is 1. The first kappa shape index (κ1) is 18.8. The highest BCUT2D eigenvalue weighted by atomic mass is 79.9. The van der Waals surface area contributed by atoms with E-state index in [0.29, 0.717) is 17.5 Å². The summed E-state index contributed by atoms with van der Waals surface area (Å²) in [5.74, 6) is 0.352. The third kappa shape index (κ3) is 4.80. The number of carbonyl (C=O) groups is 1. The minimum atomic E-state index is -0.265. The Labute approximate surface area is 163 Å². The zero-order chi connectivity index (χ0) is 18.5. The Balaban J connectivity index is 1.67. The average Bonchev–Trinajstić information content (AvgIpc) is 3.02. The number of rotatable bonds is 7. The van der Waals surface area contributed by atoms with Crippen LogP contribution in [0.25, 0.3) is 10.2 Å². The van der Waals surface area contributed by atoms with Crippen LogP contribution in [-0.4, -0.2) is 15.7 Å². The van der Waals surface area contributed by atoms with Crippen LogP contribution in [0.15, 0.2) is 42.5 Å². The smallest absolute Gasteiger partial charge is 0.239 e. The molecule has 0 saturated heterocycles. The molecule has 1 N–H and O–H groups in total. The highest BCUT2D eigenvalue weighted by Gasteiger charge is 2.15. The van der Waals surface area contributed by atoms with Gasteiger partial charge >= 0.3 is 0 Å². The van der Waals surface area contributed by atoms with Crippen LogP contribution in [0, 0.1) is 5.82 Å². The van der Waals surface area contributed by atoms with Gasteiger partial charge in [0.15, 0.2) is 5.13 Å². The second-order valence-electron chi connectivity index (χ2n) is 5.81. The number of amides is 1. The Hall–Kier alpha value is -1.99. The Morgan fingerprint density at radius 2 is 2.08 bits per heavy atom. The summed E-state index contributed by atoms with van der Waals surface area (Å²) in [5.41, 5.74) is 1.70. The van der Waals surface area contributed by atoms with E-state index in [1.54, 1.807) is 12.1 Å². The zero-order valence-electron chi connectivity index (χ0n) is 14.2. The molecule has 1 atom stereocenters. The first-order chi connectivity index (χ1) is 12.5. The lowest BCUT2D eigenvalue weighted by molar-refractivity contribution is -0.115. The van der Waals surface area contributed by atoms with E-state index < -0.39 is 0 Å². The van der Waals surface area contributed by atoms with Crippen molar-refractivity contribution in [2.45, 2.75) is 31.2 Å². The van der Waals surface area contributed by atoms with E-state index in [2.05, 4.69) is 26.2 Å². The number of thiazole rings is 1. The molecule has 0 aliphatic rings. The summed E-state index contributed by atoms with van der Waals surface area (Å²) in [4.78, 5) is 16.3. The molecule has 0 aliphatic heterocycles. The minimum absolute atomic E-state index is 0.0845. The summed E-state index contributed by atoms with van der Waals surface area (Å²) >= 11 is 4.79. The van der Waals surface area contributed by atoms with E-state index in [1.807, 2.05) is 25.1 Å². The fourth-order valence-corrected chi connectivity index (χ4v) is 3.83. The molecule has 1 aromatic heterocycles. The standard InChI is InChI=1S/C19H18BrFN2O2S/c1-2-3-15(20)18(24)23-19-22-16-9-8-14(10-17(16)26-19)25-11-12-4-6-13(21)7-5-12/h4-10,15H,2-3,11H2,1H3,(H,22,23,24). The maximum atomic E-state index is 12.9. The average molecular weight is 437 g/mol. The molecule has 0 saturated carbocycles. The summed E-state index contributed by atoms with van der Waals surface area (Å²) in [7, 11) is 0. The van der Waals surface area contributed by atoms with Crippen molar-refractivity contribution in [1.82, 2.24) is 4.98 Å². The number of alkyl halides is 1. The second kappa shape index (κ2) is 8.60. The molecule has 2 aromatic carbocycles. The van der Waals surface area contributed by atoms with Crippen LogP contribution in [-0.2, 0) is 11.4 Å². The lowest BCUT2D eigenvalue weighted by Gasteiger charge is -2.06. The van der Waals surface area contributed by atoms with Gasteiger partial charge < -0.3 is 10.1 Å². The number of anilines is 1. The number of carbonyl (C=O) groups excluding carboxylic acids is 1. The molecule has 1 unspecified atom stereocenters. The van der Waals surface area contributed by atoms with Gasteiger partial charge in [0.2, 0.25) is 5.91 Å². The number of hydrogen-bond acceptors (Lipinski definition) is 4. The molecule has 0 bridgehead atoms. The Bertz CT molecular complexity index is 898. The predicted molar refractivity (Wildman–Crippen MR) is 107 cm³/mol. The summed E-state index contributed by atoms with van der Waals surface area (Å²) < 4.78 is 19.6. The van der Waals surface area contributed by atoms with Gasteiger partial charge in [-0.2, -0.15) is 0 Å². The number of fused-ring (bicyclic) bond motifs is 1. The van der Waals surface area contributed by atoms with Crippen molar-refractivity contribution in [3.8, 4) is 5.75 Å². The molecule has 26 heavy (non-hydrogen) atoms. The van der Waals surface area contributed by atoms with Crippen LogP contribution >= 0.6 is 27.3 Å². The van der Waals surface area contributed by atoms with Gasteiger partial charge in [0.25, 0.3) is 0 Å². The number of hydrogen-bond donors (Lipinski definition) is 1. The number of halogens is 2. The molecule has 1 heterocycles. The lowest BCUT2D eigenvalue weighted by atomic mass is 10.2. The van der Waals surface area contributed by atoms with Crippen molar-refractivity contribution in [2.75, 3.05) is 5.32 Å². The molecule has 4 nitrogen and oxygen atoms in total. The zero-order valence-corrected chi connectivity index (χ0v) is 16.6. The SMILES string of the molecule is CCCC(Br)C(=O)Nc1nc2ccc(OCc3ccc(F)cc3)cc2s1. The Morgan fingerprint density at radius 1 is 1.31 bits per heavy atom. The fourth-order valence-electron chi connectivity index (χ4n) is 2.36. The normalized spacial score (nSPS) is 12.1. The van der Waals surface area contributed by atoms with Crippen LogP contribution in [0.1, 0.15) is 25.3 Å². The summed E-state index contributed by atoms with van der Waals surface area (Å²) in [6, 6.07) is 11.8. The fraction of sp³-hybridized carbons (Fsp3) is 0.263. The molecular formula is C19H18BrFN2O2S. The second-order valence-corrected chi connectivity index (χ2v) is 7.95. The molecule has 0 aliphatic carbocycles. The van der Waals surface area contributed by atoms with Gasteiger partial charge in [0, 0.05) is 0 Å². The third-order valence-electron chi connectivity index (χ3n) is 3.74. The van der Waals surface area contributed by atoms with E-state index >= 15 is 0 Å². The Kier molecular flexibility index (Phi) is 6.21. The minimum Gasteiger partial charge on any atom is -0.489 e. The van der Waals surface area contributed by atoms with Crippen LogP contribution in [0.3, 0.4) is 0 Å². The van der Waals surface area contributed by atoms with Crippen LogP contribution in [0.2, 0.25) is 0 Å². The first-order valence-electron chi connectivity index (χ1n) is 8.28. The molecule has 3 rings (SSSR count). The van der Waals surface area contributed by atoms with Gasteiger partial charge in [-0.3, -0.25) is 4.79 Å². The largest absolute Gasteiger partial charge is 0.489 e. The van der Waals surface area contributed by atoms with Gasteiger partial charge in [0.1, 0.15) is 18.2 Å². The number of aromatic nitrogens is 1. The van der Waals surface area contributed by atoms with Gasteiger partial charge in [-0.25, -0.2) is 9.37 Å². The Morgan fingerprint density at radius 3 is 2.81 bits per heavy atom. The van der Waals surface area contributed by atoms with Gasteiger partial charge in [0.05, 0.1) is 15.0 Å². The van der Waals surface area contributed by atoms with E-state index in [0.717, 1.165) is 28.6 Å². The van der Waals surface area contributed by atoms with Crippen molar-refractivity contribution < 1.29 is 13.9 Å². The lowest BCUT2D eigenvalue weighted by Crippen LogP contribution is -2.22. The van der Waals surface area contributed by atoms with E-state index in [4.69, 9.17) is 4.74 Å². The molecule has 136 valence electrons. The molecule has 3 aromatic rings. The maximum absolute atomic E-state index is 12.9. The summed E-state index contributed by atoms with van der Waals surface area (Å²) in [5, 5.41) is 3.41. The third-order valence-corrected chi connectivity index (χ3v) is 5.54. The van der Waals surface area contributed by atoms with Crippen molar-refractivity contribution in [3.05, 3.63) is 53.8 Å². The summed E-state index contributed by atoms with van der Waals surface area (Å²) in [6.07, 6.45) is 1.70. The van der Waals surface area contributed by atoms with Crippen molar-refractivity contribution in [2.24, 2.45) is 0 Å². The number of ether oxygens (including phenoxy) is 1. The van der Waals surface area contributed by atoms with Crippen LogP contribution in [0.4, 0.5) is 9.52 Å². The molecule has 0 fully saturated rings. The molecule has 1 amide bonds. The van der Waals surface area contributed by atoms with E-state index in [1.165, 1.54) is 23.5 Å². The highest BCUT2D eigenvalue weighted by Crippen LogP contribution is 2.30. The van der Waals surface area contributed by atoms with E-state index in [9.17, 15) is 9.18 Å². The van der Waals surface area contributed by atoms with Crippen LogP contribution in [0.5, 0.6) is 5.75 Å². The highest BCUT2D eigenvalue weighted by molar-refractivity contribution is 9.10. The van der Waals surface area contributed by atoms with Gasteiger partial charge in [-0.05, 0) is 42.3 Å². The number of benzene rings is 2. The molecular weight excluding hydrogens is 419 g/mol. The van der Waals surface area contributed by atoms with Crippen LogP contribution < -0.4 is 10.1 Å².